The molecule has 0 N–H and O–H groups in total. The van der Waals surface area contributed by atoms with E-state index in [-0.39, 0.29) is 12.9 Å². The minimum Gasteiger partial charge on any atom is -0.413 e. The van der Waals surface area contributed by atoms with Crippen LogP contribution in [-0.2, 0) is 9.31 Å². The summed E-state index contributed by atoms with van der Waals surface area (Å²) < 4.78 is 10.5. The average molecular weight is 188 g/mol. The topological polar surface area (TPSA) is 18.5 Å². The van der Waals surface area contributed by atoms with Gasteiger partial charge in [0.15, 0.2) is 0 Å². The van der Waals surface area contributed by atoms with E-state index in [1.54, 1.807) is 14.2 Å². The van der Waals surface area contributed by atoms with Gasteiger partial charge in [0.1, 0.15) is 0 Å². The van der Waals surface area contributed by atoms with Gasteiger partial charge in [-0.2, -0.15) is 0 Å². The van der Waals surface area contributed by atoms with Crippen LogP contribution >= 0.6 is 0 Å². The highest BCUT2D eigenvalue weighted by molar-refractivity contribution is 6.47. The molecule has 0 saturated heterocycles. The Bertz CT molecular complexity index is 345. The number of rotatable bonds is 3. The maximum Gasteiger partial charge on any atom is 0.468 e. The molecule has 0 saturated carbocycles. The molecular formula is C11H13BO2. The molecular weight excluding hydrogens is 175 g/mol. The molecule has 2 nitrogen and oxygen atoms in total. The van der Waals surface area contributed by atoms with Gasteiger partial charge in [-0.05, 0) is 11.1 Å². The third kappa shape index (κ3) is 1.49. The van der Waals surface area contributed by atoms with Gasteiger partial charge in [0.25, 0.3) is 0 Å². The molecule has 2 rings (SSSR count). The van der Waals surface area contributed by atoms with Crippen molar-refractivity contribution in [2.45, 2.75) is 5.82 Å². The van der Waals surface area contributed by atoms with Crippen molar-refractivity contribution in [3.05, 3.63) is 41.5 Å². The third-order valence-corrected chi connectivity index (χ3v) is 2.60. The van der Waals surface area contributed by atoms with Crippen molar-refractivity contribution < 1.29 is 9.31 Å². The van der Waals surface area contributed by atoms with Crippen molar-refractivity contribution >= 4 is 13.2 Å². The Balaban J connectivity index is 2.29. The Kier molecular flexibility index (Phi) is 2.70. The van der Waals surface area contributed by atoms with E-state index >= 15 is 0 Å². The Morgan fingerprint density at radius 2 is 1.86 bits per heavy atom. The number of fused-ring (bicyclic) bond motifs is 1. The van der Waals surface area contributed by atoms with E-state index in [0.29, 0.717) is 0 Å². The summed E-state index contributed by atoms with van der Waals surface area (Å²) in [5.74, 6) is 0.223. The van der Waals surface area contributed by atoms with Crippen LogP contribution in [0.25, 0.3) is 6.08 Å². The van der Waals surface area contributed by atoms with Gasteiger partial charge in [-0.1, -0.05) is 36.4 Å². The van der Waals surface area contributed by atoms with Crippen LogP contribution in [0.5, 0.6) is 0 Å². The van der Waals surface area contributed by atoms with Crippen LogP contribution in [0.2, 0.25) is 0 Å². The lowest BCUT2D eigenvalue weighted by molar-refractivity contribution is 0.272. The van der Waals surface area contributed by atoms with E-state index < -0.39 is 0 Å². The molecule has 1 atom stereocenters. The number of benzene rings is 1. The van der Waals surface area contributed by atoms with Crippen LogP contribution in [0.3, 0.4) is 0 Å². The van der Waals surface area contributed by atoms with Gasteiger partial charge in [-0.25, -0.2) is 0 Å². The van der Waals surface area contributed by atoms with E-state index in [0.717, 1.165) is 0 Å². The molecule has 1 aromatic carbocycles. The second kappa shape index (κ2) is 3.99. The molecule has 1 aromatic rings. The first-order valence-corrected chi connectivity index (χ1v) is 4.69. The molecule has 1 unspecified atom stereocenters. The van der Waals surface area contributed by atoms with Gasteiger partial charge in [-0.15, -0.1) is 0 Å². The van der Waals surface area contributed by atoms with E-state index in [1.807, 2.05) is 12.1 Å². The number of hydrogen-bond acceptors (Lipinski definition) is 2. The zero-order valence-corrected chi connectivity index (χ0v) is 8.44. The summed E-state index contributed by atoms with van der Waals surface area (Å²) in [7, 11) is 3.15. The van der Waals surface area contributed by atoms with Gasteiger partial charge < -0.3 is 9.31 Å². The van der Waals surface area contributed by atoms with E-state index in [1.165, 1.54) is 11.1 Å². The fourth-order valence-electron chi connectivity index (χ4n) is 1.90. The fourth-order valence-corrected chi connectivity index (χ4v) is 1.90. The Hall–Kier alpha value is -1.06. The second-order valence-corrected chi connectivity index (χ2v) is 3.35. The summed E-state index contributed by atoms with van der Waals surface area (Å²) in [5.41, 5.74) is 2.54. The predicted molar refractivity (Wildman–Crippen MR) is 58.0 cm³/mol. The van der Waals surface area contributed by atoms with Crippen LogP contribution in [-0.4, -0.2) is 21.3 Å². The Morgan fingerprint density at radius 3 is 2.57 bits per heavy atom. The Morgan fingerprint density at radius 1 is 1.14 bits per heavy atom. The lowest BCUT2D eigenvalue weighted by atomic mass is 9.69. The standard InChI is InChI=1S/C11H13BO2/c1-13-12(14-2)11-8-7-9-5-3-4-6-10(9)11/h3-8,11H,1-2H3. The highest BCUT2D eigenvalue weighted by Gasteiger charge is 2.31. The quantitative estimate of drug-likeness (QED) is 0.676. The molecule has 0 spiro atoms. The molecule has 0 fully saturated rings. The molecule has 14 heavy (non-hydrogen) atoms. The van der Waals surface area contributed by atoms with Crippen molar-refractivity contribution in [3.8, 4) is 0 Å². The highest BCUT2D eigenvalue weighted by atomic mass is 16.6. The zero-order valence-electron chi connectivity index (χ0n) is 8.44. The summed E-state index contributed by atoms with van der Waals surface area (Å²) in [6.07, 6.45) is 4.24. The lowest BCUT2D eigenvalue weighted by Crippen LogP contribution is -2.26. The van der Waals surface area contributed by atoms with E-state index in [4.69, 9.17) is 9.31 Å². The van der Waals surface area contributed by atoms with Crippen molar-refractivity contribution in [3.63, 3.8) is 0 Å². The van der Waals surface area contributed by atoms with Crippen LogP contribution in [0.1, 0.15) is 16.9 Å². The first-order chi connectivity index (χ1) is 6.86. The predicted octanol–water partition coefficient (Wildman–Crippen LogP) is 2.12. The van der Waals surface area contributed by atoms with Crippen LogP contribution < -0.4 is 0 Å². The smallest absolute Gasteiger partial charge is 0.413 e. The van der Waals surface area contributed by atoms with Gasteiger partial charge in [-0.3, -0.25) is 0 Å². The number of allylic oxidation sites excluding steroid dienone is 1. The van der Waals surface area contributed by atoms with E-state index in [2.05, 4.69) is 24.3 Å². The Labute approximate surface area is 84.7 Å². The normalized spacial score (nSPS) is 18.3. The van der Waals surface area contributed by atoms with Crippen LogP contribution in [0, 0.1) is 0 Å². The number of hydrogen-bond donors (Lipinski definition) is 0. The molecule has 0 bridgehead atoms. The maximum absolute atomic E-state index is 5.27. The molecule has 72 valence electrons. The second-order valence-electron chi connectivity index (χ2n) is 3.35. The van der Waals surface area contributed by atoms with Crippen molar-refractivity contribution in [2.24, 2.45) is 0 Å². The highest BCUT2D eigenvalue weighted by Crippen LogP contribution is 2.31. The molecule has 0 aliphatic heterocycles. The largest absolute Gasteiger partial charge is 0.468 e. The molecule has 1 aliphatic carbocycles. The van der Waals surface area contributed by atoms with Gasteiger partial charge in [0, 0.05) is 20.0 Å². The lowest BCUT2D eigenvalue weighted by Gasteiger charge is -2.15. The monoisotopic (exact) mass is 188 g/mol. The maximum atomic E-state index is 5.27. The summed E-state index contributed by atoms with van der Waals surface area (Å²) in [5, 5.41) is 0. The zero-order chi connectivity index (χ0) is 9.97. The minimum atomic E-state index is -0.185. The van der Waals surface area contributed by atoms with Crippen molar-refractivity contribution in [2.75, 3.05) is 14.2 Å². The van der Waals surface area contributed by atoms with E-state index in [9.17, 15) is 0 Å². The SMILES string of the molecule is COB(OC)C1C=Cc2ccccc21. The third-order valence-electron chi connectivity index (χ3n) is 2.60. The minimum absolute atomic E-state index is 0.185. The first-order valence-electron chi connectivity index (χ1n) is 4.69. The summed E-state index contributed by atoms with van der Waals surface area (Å²) in [4.78, 5) is 0. The molecule has 3 heteroatoms. The van der Waals surface area contributed by atoms with Gasteiger partial charge in [0.2, 0.25) is 0 Å². The van der Waals surface area contributed by atoms with Gasteiger partial charge >= 0.3 is 7.12 Å². The average Bonchev–Trinajstić information content (AvgIpc) is 2.65. The molecule has 0 aromatic heterocycles. The molecule has 1 aliphatic rings. The van der Waals surface area contributed by atoms with Crippen molar-refractivity contribution in [1.29, 1.82) is 0 Å². The van der Waals surface area contributed by atoms with Crippen molar-refractivity contribution in [1.82, 2.24) is 0 Å². The molecule has 0 heterocycles. The molecule has 0 radical (unpaired) electrons. The molecule has 0 amide bonds. The van der Waals surface area contributed by atoms with Crippen LogP contribution in [0.4, 0.5) is 0 Å². The first kappa shape index (κ1) is 9.50. The van der Waals surface area contributed by atoms with Gasteiger partial charge in [0.05, 0.1) is 0 Å². The van der Waals surface area contributed by atoms with Crippen LogP contribution in [0.15, 0.2) is 30.3 Å². The fraction of sp³-hybridized carbons (Fsp3) is 0.273. The summed E-state index contributed by atoms with van der Waals surface area (Å²) >= 11 is 0. The summed E-state index contributed by atoms with van der Waals surface area (Å²) in [6.45, 7) is 0. The summed E-state index contributed by atoms with van der Waals surface area (Å²) in [6, 6.07) is 8.31.